The van der Waals surface area contributed by atoms with Crippen LogP contribution in [0.3, 0.4) is 0 Å². The van der Waals surface area contributed by atoms with Gasteiger partial charge in [0.25, 0.3) is 0 Å². The van der Waals surface area contributed by atoms with Gasteiger partial charge in [0.05, 0.1) is 25.7 Å². The molecule has 1 heterocycles. The van der Waals surface area contributed by atoms with Crippen molar-refractivity contribution in [1.82, 2.24) is 9.80 Å². The zero-order valence-electron chi connectivity index (χ0n) is 13.0. The standard InChI is InChI=1S/C16H24N2O3/c1-17(2)11-16(20)7-8-18(12-16)15(19)10-13-5-4-6-14(9-13)21-3/h4-6,9,20H,7-8,10-12H2,1-3H3/t16-/m1/s1. The van der Waals surface area contributed by atoms with Crippen LogP contribution in [0.5, 0.6) is 5.75 Å². The molecule has 1 aromatic rings. The third-order valence-electron chi connectivity index (χ3n) is 3.79. The Labute approximate surface area is 126 Å². The Morgan fingerprint density at radius 3 is 2.90 bits per heavy atom. The summed E-state index contributed by atoms with van der Waals surface area (Å²) in [4.78, 5) is 16.1. The highest BCUT2D eigenvalue weighted by atomic mass is 16.5. The molecule has 0 aliphatic carbocycles. The number of amides is 1. The number of β-amino-alcohol motifs (C(OH)–C–C–N with tert-alkyl or cyclic N) is 1. The van der Waals surface area contributed by atoms with Crippen molar-refractivity contribution in [2.75, 3.05) is 40.8 Å². The lowest BCUT2D eigenvalue weighted by Crippen LogP contribution is -2.43. The average Bonchev–Trinajstić information content (AvgIpc) is 2.80. The number of aliphatic hydroxyl groups is 1. The topological polar surface area (TPSA) is 53.0 Å². The fourth-order valence-corrected chi connectivity index (χ4v) is 2.86. The van der Waals surface area contributed by atoms with E-state index in [1.54, 1.807) is 12.0 Å². The second kappa shape index (κ2) is 6.45. The van der Waals surface area contributed by atoms with Crippen LogP contribution in [0.25, 0.3) is 0 Å². The summed E-state index contributed by atoms with van der Waals surface area (Å²) < 4.78 is 5.17. The zero-order chi connectivity index (χ0) is 15.5. The quantitative estimate of drug-likeness (QED) is 0.871. The van der Waals surface area contributed by atoms with Crippen LogP contribution in [0.15, 0.2) is 24.3 Å². The van der Waals surface area contributed by atoms with Gasteiger partial charge in [-0.05, 0) is 38.2 Å². The molecule has 1 aliphatic heterocycles. The van der Waals surface area contributed by atoms with Crippen LogP contribution in [-0.4, -0.2) is 67.3 Å². The normalized spacial score (nSPS) is 21.9. The lowest BCUT2D eigenvalue weighted by Gasteiger charge is -2.26. The second-order valence-electron chi connectivity index (χ2n) is 6.06. The molecule has 0 saturated carbocycles. The maximum atomic E-state index is 12.3. The van der Waals surface area contributed by atoms with E-state index in [9.17, 15) is 9.90 Å². The fraction of sp³-hybridized carbons (Fsp3) is 0.562. The number of nitrogens with zero attached hydrogens (tertiary/aromatic N) is 2. The fourth-order valence-electron chi connectivity index (χ4n) is 2.86. The Hall–Kier alpha value is -1.59. The molecular formula is C16H24N2O3. The van der Waals surface area contributed by atoms with Gasteiger partial charge in [-0.25, -0.2) is 0 Å². The molecule has 1 aliphatic rings. The van der Waals surface area contributed by atoms with Gasteiger partial charge in [0.1, 0.15) is 5.75 Å². The molecular weight excluding hydrogens is 268 g/mol. The Morgan fingerprint density at radius 1 is 1.48 bits per heavy atom. The summed E-state index contributed by atoms with van der Waals surface area (Å²) in [7, 11) is 5.47. The minimum Gasteiger partial charge on any atom is -0.497 e. The Bertz CT molecular complexity index is 504. The van der Waals surface area contributed by atoms with Crippen molar-refractivity contribution < 1.29 is 14.6 Å². The highest BCUT2D eigenvalue weighted by Crippen LogP contribution is 2.23. The molecule has 21 heavy (non-hydrogen) atoms. The van der Waals surface area contributed by atoms with Crippen LogP contribution in [0.4, 0.5) is 0 Å². The largest absolute Gasteiger partial charge is 0.497 e. The summed E-state index contributed by atoms with van der Waals surface area (Å²) in [6.45, 7) is 1.61. The molecule has 0 spiro atoms. The molecule has 5 heteroatoms. The van der Waals surface area contributed by atoms with Crippen molar-refractivity contribution in [3.63, 3.8) is 0 Å². The number of likely N-dealkylation sites (tertiary alicyclic amines) is 1. The molecule has 0 radical (unpaired) electrons. The Morgan fingerprint density at radius 2 is 2.24 bits per heavy atom. The minimum absolute atomic E-state index is 0.0536. The maximum absolute atomic E-state index is 12.3. The lowest BCUT2D eigenvalue weighted by atomic mass is 10.0. The van der Waals surface area contributed by atoms with Crippen LogP contribution in [-0.2, 0) is 11.2 Å². The van der Waals surface area contributed by atoms with Crippen LogP contribution >= 0.6 is 0 Å². The molecule has 1 fully saturated rings. The number of hydrogen-bond donors (Lipinski definition) is 1. The van der Waals surface area contributed by atoms with Crippen molar-refractivity contribution in [3.05, 3.63) is 29.8 Å². The number of rotatable bonds is 5. The monoisotopic (exact) mass is 292 g/mol. The number of likely N-dealkylation sites (N-methyl/N-ethyl adjacent to an activating group) is 1. The van der Waals surface area contributed by atoms with Crippen LogP contribution in [0.1, 0.15) is 12.0 Å². The SMILES string of the molecule is COc1cccc(CC(=O)N2CC[C@@](O)(CN(C)C)C2)c1. The average molecular weight is 292 g/mol. The molecule has 0 bridgehead atoms. The summed E-state index contributed by atoms with van der Waals surface area (Å²) in [6, 6.07) is 7.54. The third kappa shape index (κ3) is 4.19. The first kappa shape index (κ1) is 15.8. The van der Waals surface area contributed by atoms with E-state index in [4.69, 9.17) is 4.74 Å². The zero-order valence-corrected chi connectivity index (χ0v) is 13.0. The van der Waals surface area contributed by atoms with E-state index in [0.29, 0.717) is 32.5 Å². The van der Waals surface area contributed by atoms with Crippen molar-refractivity contribution in [2.45, 2.75) is 18.4 Å². The molecule has 5 nitrogen and oxygen atoms in total. The molecule has 0 aromatic heterocycles. The van der Waals surface area contributed by atoms with Crippen molar-refractivity contribution in [2.24, 2.45) is 0 Å². The van der Waals surface area contributed by atoms with Crippen molar-refractivity contribution in [3.8, 4) is 5.75 Å². The molecule has 1 saturated heterocycles. The van der Waals surface area contributed by atoms with Crippen LogP contribution in [0.2, 0.25) is 0 Å². The van der Waals surface area contributed by atoms with E-state index in [0.717, 1.165) is 11.3 Å². The van der Waals surface area contributed by atoms with Crippen molar-refractivity contribution >= 4 is 5.91 Å². The smallest absolute Gasteiger partial charge is 0.227 e. The summed E-state index contributed by atoms with van der Waals surface area (Å²) >= 11 is 0. The summed E-state index contributed by atoms with van der Waals surface area (Å²) in [5.41, 5.74) is 0.149. The van der Waals surface area contributed by atoms with E-state index in [-0.39, 0.29) is 5.91 Å². The van der Waals surface area contributed by atoms with Gasteiger partial charge < -0.3 is 19.6 Å². The number of methoxy groups -OCH3 is 1. The summed E-state index contributed by atoms with van der Waals surface area (Å²) in [6.07, 6.45) is 0.976. The Kier molecular flexibility index (Phi) is 4.85. The first-order chi connectivity index (χ1) is 9.92. The molecule has 1 N–H and O–H groups in total. The Balaban J connectivity index is 1.95. The molecule has 0 unspecified atom stereocenters. The van der Waals surface area contributed by atoms with Gasteiger partial charge in [0, 0.05) is 13.1 Å². The predicted octanol–water partition coefficient (Wildman–Crippen LogP) is 0.763. The van der Waals surface area contributed by atoms with E-state index >= 15 is 0 Å². The highest BCUT2D eigenvalue weighted by molar-refractivity contribution is 5.79. The van der Waals surface area contributed by atoms with Gasteiger partial charge >= 0.3 is 0 Å². The van der Waals surface area contributed by atoms with E-state index in [1.165, 1.54) is 0 Å². The second-order valence-corrected chi connectivity index (χ2v) is 6.06. The summed E-state index contributed by atoms with van der Waals surface area (Å²) in [5, 5.41) is 10.5. The van der Waals surface area contributed by atoms with Gasteiger partial charge in [-0.15, -0.1) is 0 Å². The first-order valence-corrected chi connectivity index (χ1v) is 7.20. The maximum Gasteiger partial charge on any atom is 0.227 e. The van der Waals surface area contributed by atoms with Crippen molar-refractivity contribution in [1.29, 1.82) is 0 Å². The number of hydrogen-bond acceptors (Lipinski definition) is 4. The predicted molar refractivity (Wildman–Crippen MR) is 81.4 cm³/mol. The molecule has 1 amide bonds. The minimum atomic E-state index is -0.784. The van der Waals surface area contributed by atoms with E-state index in [2.05, 4.69) is 0 Å². The number of ether oxygens (including phenoxy) is 1. The lowest BCUT2D eigenvalue weighted by molar-refractivity contribution is -0.130. The number of carbonyl (C=O) groups is 1. The van der Waals surface area contributed by atoms with E-state index in [1.807, 2.05) is 43.3 Å². The van der Waals surface area contributed by atoms with Gasteiger partial charge in [-0.3, -0.25) is 4.79 Å². The van der Waals surface area contributed by atoms with Crippen LogP contribution in [0, 0.1) is 0 Å². The molecule has 2 rings (SSSR count). The first-order valence-electron chi connectivity index (χ1n) is 7.20. The van der Waals surface area contributed by atoms with Gasteiger partial charge in [0.2, 0.25) is 5.91 Å². The van der Waals surface area contributed by atoms with Gasteiger partial charge in [-0.2, -0.15) is 0 Å². The van der Waals surface area contributed by atoms with Gasteiger partial charge in [0.15, 0.2) is 0 Å². The molecule has 1 atom stereocenters. The molecule has 1 aromatic carbocycles. The highest BCUT2D eigenvalue weighted by Gasteiger charge is 2.38. The number of benzene rings is 1. The number of carbonyl (C=O) groups excluding carboxylic acids is 1. The van der Waals surface area contributed by atoms with E-state index < -0.39 is 5.60 Å². The van der Waals surface area contributed by atoms with Crippen LogP contribution < -0.4 is 4.74 Å². The third-order valence-corrected chi connectivity index (χ3v) is 3.79. The summed E-state index contributed by atoms with van der Waals surface area (Å²) in [5.74, 6) is 0.809. The molecule has 116 valence electrons. The van der Waals surface area contributed by atoms with Gasteiger partial charge in [-0.1, -0.05) is 12.1 Å².